The Morgan fingerprint density at radius 3 is 1.65 bits per heavy atom. The summed E-state index contributed by atoms with van der Waals surface area (Å²) in [5, 5.41) is 41.3. The molecule has 34 heavy (non-hydrogen) atoms. The van der Waals surface area contributed by atoms with Crippen molar-refractivity contribution in [2.75, 3.05) is 39.3 Å². The van der Waals surface area contributed by atoms with Crippen LogP contribution in [0.15, 0.2) is 4.99 Å². The first kappa shape index (κ1) is 38.9. The second kappa shape index (κ2) is 26.4. The first-order valence-corrected chi connectivity index (χ1v) is 12.4. The van der Waals surface area contributed by atoms with Crippen molar-refractivity contribution in [1.82, 2.24) is 0 Å². The molecule has 0 amide bonds. The summed E-state index contributed by atoms with van der Waals surface area (Å²) in [7, 11) is 0. The van der Waals surface area contributed by atoms with Gasteiger partial charge in [0.2, 0.25) is 0 Å². The molecule has 0 aliphatic heterocycles. The number of carboxylic acids is 2. The monoisotopic (exact) mass is 503 g/mol. The van der Waals surface area contributed by atoms with E-state index in [4.69, 9.17) is 5.11 Å². The summed E-state index contributed by atoms with van der Waals surface area (Å²) < 4.78 is -0.385. The maximum atomic E-state index is 12.0. The standard InChI is InChI=1S/C24H46N2O6.2Na/c1-2-3-4-5-6-7-8-9-10-11-12-13-14-15-22(28)25-16-17-26(18-19-27,20-23(29)30)21-24(31)32;;/h27H,2-21H2,1H3,(H2-,25,28,29,30,31,32);;/q;2*+1/p-1. The molecule has 0 saturated heterocycles. The number of aliphatic carboxylic acids is 2. The van der Waals surface area contributed by atoms with Crippen molar-refractivity contribution in [3.8, 4) is 0 Å². The fraction of sp³-hybridized carbons (Fsp3) is 0.875. The molecule has 1 unspecified atom stereocenters. The third-order valence-corrected chi connectivity index (χ3v) is 5.87. The number of unbranched alkanes of at least 4 members (excludes halogenated alkanes) is 12. The minimum atomic E-state index is -1.39. The van der Waals surface area contributed by atoms with Crippen LogP contribution in [0.25, 0.3) is 0 Å². The van der Waals surface area contributed by atoms with Crippen LogP contribution in [0.5, 0.6) is 0 Å². The molecule has 0 spiro atoms. The molecule has 0 bridgehead atoms. The van der Waals surface area contributed by atoms with E-state index < -0.39 is 25.0 Å². The van der Waals surface area contributed by atoms with Gasteiger partial charge in [0, 0.05) is 0 Å². The molecule has 0 aliphatic carbocycles. The van der Waals surface area contributed by atoms with Gasteiger partial charge in [-0.25, -0.2) is 4.79 Å². The largest absolute Gasteiger partial charge is 1.00 e. The molecule has 0 aromatic carbocycles. The van der Waals surface area contributed by atoms with E-state index in [1.807, 2.05) is 0 Å². The summed E-state index contributed by atoms with van der Waals surface area (Å²) in [4.78, 5) is 26.1. The summed E-state index contributed by atoms with van der Waals surface area (Å²) in [5.74, 6) is -2.80. The first-order chi connectivity index (χ1) is 15.3. The maximum absolute atomic E-state index is 12.0. The fourth-order valence-electron chi connectivity index (χ4n) is 4.02. The zero-order valence-electron chi connectivity index (χ0n) is 22.1. The Bertz CT molecular complexity index is 520. The number of carbonyl (C=O) groups excluding carboxylic acids is 1. The molecule has 1 atom stereocenters. The van der Waals surface area contributed by atoms with Gasteiger partial charge in [-0.05, 0) is 18.7 Å². The Morgan fingerprint density at radius 1 is 0.765 bits per heavy atom. The minimum Gasteiger partial charge on any atom is -0.862 e. The summed E-state index contributed by atoms with van der Waals surface area (Å²) in [6.45, 7) is 0.951. The van der Waals surface area contributed by atoms with Gasteiger partial charge in [0.05, 0.1) is 25.7 Å². The number of aliphatic hydroxyl groups excluding tert-OH is 1. The molecule has 0 fully saturated rings. The van der Waals surface area contributed by atoms with E-state index in [0.717, 1.165) is 19.3 Å². The molecular formula is C24H45N2Na2O6+. The van der Waals surface area contributed by atoms with E-state index >= 15 is 0 Å². The van der Waals surface area contributed by atoms with Crippen LogP contribution >= 0.6 is 0 Å². The van der Waals surface area contributed by atoms with Crippen molar-refractivity contribution in [2.45, 2.75) is 96.8 Å². The zero-order chi connectivity index (χ0) is 24.1. The number of aliphatic hydroxyl groups is 1. The minimum absolute atomic E-state index is 0. The van der Waals surface area contributed by atoms with Crippen LogP contribution in [-0.4, -0.2) is 71.9 Å². The quantitative estimate of drug-likeness (QED) is 0.0479. The molecular weight excluding hydrogens is 458 g/mol. The third-order valence-electron chi connectivity index (χ3n) is 5.87. The van der Waals surface area contributed by atoms with E-state index in [1.165, 1.54) is 64.2 Å². The van der Waals surface area contributed by atoms with Gasteiger partial charge < -0.3 is 29.7 Å². The number of nitrogens with zero attached hydrogens (tertiary/aromatic N) is 2. The first-order valence-electron chi connectivity index (χ1n) is 12.4. The summed E-state index contributed by atoms with van der Waals surface area (Å²) in [5.41, 5.74) is 0. The molecule has 0 radical (unpaired) electrons. The Kier molecular flexibility index (Phi) is 30.2. The SMILES string of the molecule is CCCCCCCCCCCCCCCC([O-])=NCC[N+](CCO)(CC(=O)[O-])CC(=O)O.[Na+].[Na+]. The Balaban J connectivity index is -0.00000480. The molecule has 2 N–H and O–H groups in total. The van der Waals surface area contributed by atoms with Gasteiger partial charge in [-0.15, -0.1) is 0 Å². The van der Waals surface area contributed by atoms with Gasteiger partial charge >= 0.3 is 65.1 Å². The van der Waals surface area contributed by atoms with Crippen molar-refractivity contribution in [3.63, 3.8) is 0 Å². The summed E-state index contributed by atoms with van der Waals surface area (Å²) in [6.07, 6.45) is 16.4. The molecule has 0 saturated carbocycles. The molecule has 10 heteroatoms. The van der Waals surface area contributed by atoms with Crippen LogP contribution in [0.4, 0.5) is 0 Å². The molecule has 8 nitrogen and oxygen atoms in total. The van der Waals surface area contributed by atoms with E-state index in [-0.39, 0.29) is 95.7 Å². The van der Waals surface area contributed by atoms with E-state index in [0.29, 0.717) is 6.42 Å². The Morgan fingerprint density at radius 2 is 1.24 bits per heavy atom. The van der Waals surface area contributed by atoms with E-state index in [1.54, 1.807) is 0 Å². The molecule has 188 valence electrons. The number of hydrogen-bond acceptors (Lipinski definition) is 6. The second-order valence-corrected chi connectivity index (χ2v) is 8.86. The number of carboxylic acid groups (broad SMARTS) is 2. The van der Waals surface area contributed by atoms with Crippen molar-refractivity contribution in [3.05, 3.63) is 0 Å². The summed E-state index contributed by atoms with van der Waals surface area (Å²) >= 11 is 0. The molecule has 0 aromatic heterocycles. The van der Waals surface area contributed by atoms with Crippen molar-refractivity contribution in [2.24, 2.45) is 4.99 Å². The average molecular weight is 504 g/mol. The van der Waals surface area contributed by atoms with Crippen LogP contribution in [0, 0.1) is 0 Å². The van der Waals surface area contributed by atoms with Crippen LogP contribution < -0.4 is 69.3 Å². The van der Waals surface area contributed by atoms with Crippen molar-refractivity contribution < 1.29 is 93.6 Å². The van der Waals surface area contributed by atoms with Gasteiger partial charge in [-0.1, -0.05) is 84.0 Å². The van der Waals surface area contributed by atoms with Gasteiger partial charge in [0.25, 0.3) is 0 Å². The number of rotatable bonds is 23. The van der Waals surface area contributed by atoms with Gasteiger partial charge in [0.1, 0.15) is 13.1 Å². The Labute approximate surface area is 250 Å². The third kappa shape index (κ3) is 24.0. The van der Waals surface area contributed by atoms with Crippen molar-refractivity contribution in [1.29, 1.82) is 0 Å². The smallest absolute Gasteiger partial charge is 0.862 e. The predicted molar refractivity (Wildman–Crippen MR) is 122 cm³/mol. The molecule has 0 rings (SSSR count). The fourth-order valence-corrected chi connectivity index (χ4v) is 4.02. The molecule has 0 aliphatic rings. The molecule has 0 heterocycles. The second-order valence-electron chi connectivity index (χ2n) is 8.86. The van der Waals surface area contributed by atoms with Crippen molar-refractivity contribution >= 4 is 17.8 Å². The summed E-state index contributed by atoms with van der Waals surface area (Å²) in [6, 6.07) is 0. The van der Waals surface area contributed by atoms with E-state index in [2.05, 4.69) is 11.9 Å². The van der Waals surface area contributed by atoms with Crippen LogP contribution in [0.2, 0.25) is 0 Å². The van der Waals surface area contributed by atoms with Gasteiger partial charge in [-0.2, -0.15) is 0 Å². The van der Waals surface area contributed by atoms with Crippen LogP contribution in [-0.2, 0) is 9.59 Å². The zero-order valence-corrected chi connectivity index (χ0v) is 26.1. The number of hydrogen-bond donors (Lipinski definition) is 2. The predicted octanol–water partition coefficient (Wildman–Crippen LogP) is -4.12. The number of quaternary nitrogens is 1. The molecule has 0 aromatic rings. The number of aliphatic imine (C=N–C) groups is 1. The maximum Gasteiger partial charge on any atom is 1.00 e. The normalized spacial score (nSPS) is 12.9. The van der Waals surface area contributed by atoms with Crippen LogP contribution in [0.1, 0.15) is 96.8 Å². The Hall–Kier alpha value is 0.330. The van der Waals surface area contributed by atoms with Crippen LogP contribution in [0.3, 0.4) is 0 Å². The topological polar surface area (TPSA) is 133 Å². The van der Waals surface area contributed by atoms with E-state index in [9.17, 15) is 24.9 Å². The number of carbonyl (C=O) groups is 2. The van der Waals surface area contributed by atoms with Gasteiger partial charge in [-0.3, -0.25) is 4.99 Å². The average Bonchev–Trinajstić information content (AvgIpc) is 2.70. The van der Waals surface area contributed by atoms with Gasteiger partial charge in [0.15, 0.2) is 6.54 Å².